The van der Waals surface area contributed by atoms with Gasteiger partial charge in [0.25, 0.3) is 0 Å². The van der Waals surface area contributed by atoms with Gasteiger partial charge in [0.15, 0.2) is 5.82 Å². The molecule has 4 heteroatoms. The predicted octanol–water partition coefficient (Wildman–Crippen LogP) is 2.57. The summed E-state index contributed by atoms with van der Waals surface area (Å²) in [5.74, 6) is 0.614. The molecule has 0 fully saturated rings. The molecule has 2 rings (SSSR count). The second-order valence-corrected chi connectivity index (χ2v) is 3.48. The Bertz CT molecular complexity index is 644. The molecule has 1 heterocycles. The van der Waals surface area contributed by atoms with Crippen molar-refractivity contribution >= 4 is 6.08 Å². The molecule has 2 aromatic rings. The van der Waals surface area contributed by atoms with Crippen LogP contribution >= 0.6 is 0 Å². The van der Waals surface area contributed by atoms with E-state index in [1.54, 1.807) is 18.5 Å². The number of rotatable bonds is 2. The Labute approximate surface area is 104 Å². The third-order valence-corrected chi connectivity index (χ3v) is 2.26. The van der Waals surface area contributed by atoms with Crippen LogP contribution in [0.25, 0.3) is 17.5 Å². The first-order chi connectivity index (χ1) is 8.83. The van der Waals surface area contributed by atoms with Crippen molar-refractivity contribution in [1.82, 2.24) is 9.97 Å². The average Bonchev–Trinajstić information content (AvgIpc) is 2.46. The summed E-state index contributed by atoms with van der Waals surface area (Å²) in [6.07, 6.45) is 4.87. The van der Waals surface area contributed by atoms with Gasteiger partial charge in [0, 0.05) is 18.0 Å². The van der Waals surface area contributed by atoms with E-state index < -0.39 is 0 Å². The van der Waals surface area contributed by atoms with Crippen molar-refractivity contribution in [3.63, 3.8) is 0 Å². The topological polar surface area (TPSA) is 73.4 Å². The lowest BCUT2D eigenvalue weighted by Gasteiger charge is -2.00. The highest BCUT2D eigenvalue weighted by molar-refractivity contribution is 5.66. The molecule has 1 aromatic heterocycles. The van der Waals surface area contributed by atoms with E-state index in [1.807, 2.05) is 36.4 Å². The fraction of sp³-hybridized carbons (Fsp3) is 0. The molecule has 0 aliphatic heterocycles. The standard InChI is InChI=1S/C14H8N4/c15-9-12(10-16)7-11-3-1-4-13(8-11)14-17-5-2-6-18-14/h1-8H. The Balaban J connectivity index is 2.42. The van der Waals surface area contributed by atoms with Crippen LogP contribution in [0.15, 0.2) is 48.3 Å². The van der Waals surface area contributed by atoms with Gasteiger partial charge in [-0.25, -0.2) is 9.97 Å². The highest BCUT2D eigenvalue weighted by atomic mass is 14.8. The Morgan fingerprint density at radius 3 is 2.44 bits per heavy atom. The van der Waals surface area contributed by atoms with Crippen LogP contribution in [0, 0.1) is 22.7 Å². The lowest BCUT2D eigenvalue weighted by molar-refractivity contribution is 1.18. The van der Waals surface area contributed by atoms with Crippen molar-refractivity contribution in [1.29, 1.82) is 10.5 Å². The molecule has 0 aliphatic carbocycles. The zero-order valence-electron chi connectivity index (χ0n) is 9.41. The zero-order valence-corrected chi connectivity index (χ0v) is 9.41. The minimum Gasteiger partial charge on any atom is -0.237 e. The van der Waals surface area contributed by atoms with Gasteiger partial charge in [-0.15, -0.1) is 0 Å². The largest absolute Gasteiger partial charge is 0.237 e. The molecule has 0 aliphatic rings. The second-order valence-electron chi connectivity index (χ2n) is 3.48. The van der Waals surface area contributed by atoms with Gasteiger partial charge >= 0.3 is 0 Å². The normalized spacial score (nSPS) is 9.00. The molecular formula is C14H8N4. The highest BCUT2D eigenvalue weighted by Crippen LogP contribution is 2.17. The van der Waals surface area contributed by atoms with Crippen molar-refractivity contribution in [2.45, 2.75) is 0 Å². The molecule has 4 nitrogen and oxygen atoms in total. The smallest absolute Gasteiger partial charge is 0.159 e. The van der Waals surface area contributed by atoms with E-state index in [0.717, 1.165) is 11.1 Å². The Kier molecular flexibility index (Phi) is 3.44. The number of hydrogen-bond acceptors (Lipinski definition) is 4. The predicted molar refractivity (Wildman–Crippen MR) is 66.7 cm³/mol. The quantitative estimate of drug-likeness (QED) is 0.746. The molecule has 0 atom stereocenters. The van der Waals surface area contributed by atoms with Crippen molar-refractivity contribution in [2.75, 3.05) is 0 Å². The van der Waals surface area contributed by atoms with Crippen molar-refractivity contribution < 1.29 is 0 Å². The Morgan fingerprint density at radius 2 is 1.78 bits per heavy atom. The Morgan fingerprint density at radius 1 is 1.06 bits per heavy atom. The van der Waals surface area contributed by atoms with E-state index in [-0.39, 0.29) is 5.57 Å². The van der Waals surface area contributed by atoms with Gasteiger partial charge in [0.1, 0.15) is 17.7 Å². The van der Waals surface area contributed by atoms with Crippen LogP contribution in [0.1, 0.15) is 5.56 Å². The number of nitrogens with zero attached hydrogens (tertiary/aromatic N) is 4. The molecule has 0 spiro atoms. The molecule has 84 valence electrons. The fourth-order valence-electron chi connectivity index (χ4n) is 1.47. The first kappa shape index (κ1) is 11.5. The van der Waals surface area contributed by atoms with Gasteiger partial charge in [0.05, 0.1) is 0 Å². The van der Waals surface area contributed by atoms with E-state index >= 15 is 0 Å². The van der Waals surface area contributed by atoms with Gasteiger partial charge in [-0.2, -0.15) is 10.5 Å². The minimum atomic E-state index is 0.0705. The summed E-state index contributed by atoms with van der Waals surface area (Å²) >= 11 is 0. The van der Waals surface area contributed by atoms with Gasteiger partial charge in [-0.05, 0) is 23.8 Å². The van der Waals surface area contributed by atoms with Crippen LogP contribution in [0.4, 0.5) is 0 Å². The van der Waals surface area contributed by atoms with Crippen molar-refractivity contribution in [3.8, 4) is 23.5 Å². The lowest BCUT2D eigenvalue weighted by Crippen LogP contribution is -1.87. The maximum Gasteiger partial charge on any atom is 0.159 e. The molecule has 1 aromatic carbocycles. The van der Waals surface area contributed by atoms with Gasteiger partial charge in [0.2, 0.25) is 0 Å². The third-order valence-electron chi connectivity index (χ3n) is 2.26. The average molecular weight is 232 g/mol. The maximum absolute atomic E-state index is 8.71. The van der Waals surface area contributed by atoms with E-state index in [2.05, 4.69) is 9.97 Å². The van der Waals surface area contributed by atoms with E-state index in [4.69, 9.17) is 10.5 Å². The lowest BCUT2D eigenvalue weighted by atomic mass is 10.1. The molecule has 0 radical (unpaired) electrons. The van der Waals surface area contributed by atoms with Gasteiger partial charge < -0.3 is 0 Å². The second kappa shape index (κ2) is 5.38. The number of aromatic nitrogens is 2. The summed E-state index contributed by atoms with van der Waals surface area (Å²) in [7, 11) is 0. The van der Waals surface area contributed by atoms with Gasteiger partial charge in [-0.1, -0.05) is 18.2 Å². The molecule has 0 N–H and O–H groups in total. The number of allylic oxidation sites excluding steroid dienone is 1. The van der Waals surface area contributed by atoms with Crippen LogP contribution in [0.2, 0.25) is 0 Å². The fourth-order valence-corrected chi connectivity index (χ4v) is 1.47. The Hall–Kier alpha value is -2.98. The summed E-state index contributed by atoms with van der Waals surface area (Å²) in [6.45, 7) is 0. The van der Waals surface area contributed by atoms with Crippen LogP contribution in [-0.2, 0) is 0 Å². The van der Waals surface area contributed by atoms with Crippen LogP contribution < -0.4 is 0 Å². The monoisotopic (exact) mass is 232 g/mol. The molecule has 0 saturated heterocycles. The molecule has 0 saturated carbocycles. The van der Waals surface area contributed by atoms with Crippen LogP contribution in [0.3, 0.4) is 0 Å². The van der Waals surface area contributed by atoms with E-state index in [1.165, 1.54) is 6.08 Å². The summed E-state index contributed by atoms with van der Waals surface area (Å²) in [5, 5.41) is 17.4. The van der Waals surface area contributed by atoms with E-state index in [9.17, 15) is 0 Å². The summed E-state index contributed by atoms with van der Waals surface area (Å²) in [6, 6.07) is 12.8. The number of hydrogen-bond donors (Lipinski definition) is 0. The number of benzene rings is 1. The summed E-state index contributed by atoms with van der Waals surface area (Å²) in [5.41, 5.74) is 1.69. The maximum atomic E-state index is 8.71. The van der Waals surface area contributed by atoms with Crippen molar-refractivity contribution in [2.24, 2.45) is 0 Å². The molecule has 0 bridgehead atoms. The first-order valence-corrected chi connectivity index (χ1v) is 5.23. The first-order valence-electron chi connectivity index (χ1n) is 5.23. The van der Waals surface area contributed by atoms with Crippen LogP contribution in [0.5, 0.6) is 0 Å². The molecule has 0 amide bonds. The van der Waals surface area contributed by atoms with Crippen molar-refractivity contribution in [3.05, 3.63) is 53.9 Å². The summed E-state index contributed by atoms with van der Waals surface area (Å²) in [4.78, 5) is 8.30. The molecule has 18 heavy (non-hydrogen) atoms. The van der Waals surface area contributed by atoms with Gasteiger partial charge in [-0.3, -0.25) is 0 Å². The van der Waals surface area contributed by atoms with E-state index in [0.29, 0.717) is 5.82 Å². The molecule has 0 unspecified atom stereocenters. The molecular weight excluding hydrogens is 224 g/mol. The minimum absolute atomic E-state index is 0.0705. The SMILES string of the molecule is N#CC(C#N)=Cc1cccc(-c2ncccn2)c1. The number of nitriles is 2. The third kappa shape index (κ3) is 2.58. The summed E-state index contributed by atoms with van der Waals surface area (Å²) < 4.78 is 0. The van der Waals surface area contributed by atoms with Crippen LogP contribution in [-0.4, -0.2) is 9.97 Å². The highest BCUT2D eigenvalue weighted by Gasteiger charge is 2.01. The zero-order chi connectivity index (χ0) is 12.8.